The van der Waals surface area contributed by atoms with E-state index in [-0.39, 0.29) is 0 Å². The van der Waals surface area contributed by atoms with Gasteiger partial charge >= 0.3 is 0 Å². The van der Waals surface area contributed by atoms with Gasteiger partial charge in [0.1, 0.15) is 5.75 Å². The Kier molecular flexibility index (Phi) is 7.94. The van der Waals surface area contributed by atoms with Gasteiger partial charge in [0.2, 0.25) is 0 Å². The first-order valence-electron chi connectivity index (χ1n) is 10.5. The standard InChI is InChI=1S/C24H34N4O/c1-19-4-6-22(7-5-19)18-28-14-12-21(13-15-28)17-27-24(25-2)26-16-20-8-10-23(29-3)11-9-20/h4-11,21H,12-18H2,1-3H3,(H2,25,26,27). The summed E-state index contributed by atoms with van der Waals surface area (Å²) >= 11 is 0. The summed E-state index contributed by atoms with van der Waals surface area (Å²) in [6.45, 7) is 7.25. The van der Waals surface area contributed by atoms with Gasteiger partial charge in [-0.05, 0) is 62.0 Å². The number of nitrogens with zero attached hydrogens (tertiary/aromatic N) is 2. The lowest BCUT2D eigenvalue weighted by Crippen LogP contribution is -2.42. The second kappa shape index (κ2) is 10.9. The molecule has 0 bridgehead atoms. The van der Waals surface area contributed by atoms with Crippen molar-refractivity contribution >= 4 is 5.96 Å². The van der Waals surface area contributed by atoms with Crippen LogP contribution in [-0.2, 0) is 13.1 Å². The molecule has 0 aromatic heterocycles. The van der Waals surface area contributed by atoms with Gasteiger partial charge in [-0.3, -0.25) is 9.89 Å². The molecule has 1 fully saturated rings. The van der Waals surface area contributed by atoms with Crippen molar-refractivity contribution in [3.05, 3.63) is 65.2 Å². The van der Waals surface area contributed by atoms with Crippen LogP contribution in [-0.4, -0.2) is 44.7 Å². The van der Waals surface area contributed by atoms with E-state index in [0.717, 1.165) is 44.4 Å². The van der Waals surface area contributed by atoms with E-state index in [2.05, 4.69) is 63.8 Å². The molecule has 0 spiro atoms. The lowest BCUT2D eigenvalue weighted by molar-refractivity contribution is 0.178. The molecule has 2 aromatic rings. The van der Waals surface area contributed by atoms with Crippen LogP contribution in [0.2, 0.25) is 0 Å². The molecule has 156 valence electrons. The third-order valence-corrected chi connectivity index (χ3v) is 5.63. The SMILES string of the molecule is CN=C(NCc1ccc(OC)cc1)NCC1CCN(Cc2ccc(C)cc2)CC1. The fraction of sp³-hybridized carbons (Fsp3) is 0.458. The number of methoxy groups -OCH3 is 1. The van der Waals surface area contributed by atoms with Crippen molar-refractivity contribution in [2.24, 2.45) is 10.9 Å². The number of likely N-dealkylation sites (tertiary alicyclic amines) is 1. The van der Waals surface area contributed by atoms with Crippen LogP contribution in [0.4, 0.5) is 0 Å². The van der Waals surface area contributed by atoms with Crippen LogP contribution >= 0.6 is 0 Å². The van der Waals surface area contributed by atoms with Crippen LogP contribution in [0.5, 0.6) is 5.75 Å². The molecule has 1 aliphatic heterocycles. The van der Waals surface area contributed by atoms with Gasteiger partial charge in [-0.15, -0.1) is 0 Å². The second-order valence-electron chi connectivity index (χ2n) is 7.86. The van der Waals surface area contributed by atoms with Crippen molar-refractivity contribution in [2.45, 2.75) is 32.9 Å². The minimum atomic E-state index is 0.698. The zero-order chi connectivity index (χ0) is 20.5. The van der Waals surface area contributed by atoms with Crippen LogP contribution in [0.1, 0.15) is 29.5 Å². The van der Waals surface area contributed by atoms with Crippen molar-refractivity contribution in [2.75, 3.05) is 33.8 Å². The zero-order valence-corrected chi connectivity index (χ0v) is 17.9. The van der Waals surface area contributed by atoms with E-state index in [0.29, 0.717) is 5.92 Å². The van der Waals surface area contributed by atoms with Gasteiger partial charge in [-0.25, -0.2) is 0 Å². The highest BCUT2D eigenvalue weighted by Gasteiger charge is 2.19. The molecule has 0 atom stereocenters. The van der Waals surface area contributed by atoms with E-state index in [9.17, 15) is 0 Å². The average Bonchev–Trinajstić information content (AvgIpc) is 2.77. The van der Waals surface area contributed by atoms with Crippen LogP contribution in [0.15, 0.2) is 53.5 Å². The molecule has 1 saturated heterocycles. The highest BCUT2D eigenvalue weighted by atomic mass is 16.5. The predicted octanol–water partition coefficient (Wildman–Crippen LogP) is 3.58. The van der Waals surface area contributed by atoms with Gasteiger partial charge in [-0.1, -0.05) is 42.0 Å². The monoisotopic (exact) mass is 394 g/mol. The number of ether oxygens (including phenoxy) is 1. The summed E-state index contributed by atoms with van der Waals surface area (Å²) in [6.07, 6.45) is 2.46. The predicted molar refractivity (Wildman–Crippen MR) is 120 cm³/mol. The van der Waals surface area contributed by atoms with E-state index in [1.807, 2.05) is 19.2 Å². The van der Waals surface area contributed by atoms with Crippen molar-refractivity contribution in [1.82, 2.24) is 15.5 Å². The third kappa shape index (κ3) is 6.79. The molecule has 5 heteroatoms. The molecule has 1 heterocycles. The highest BCUT2D eigenvalue weighted by Crippen LogP contribution is 2.18. The quantitative estimate of drug-likeness (QED) is 0.557. The summed E-state index contributed by atoms with van der Waals surface area (Å²) in [6, 6.07) is 17.0. The molecule has 0 unspecified atom stereocenters. The number of aliphatic imine (C=N–C) groups is 1. The van der Waals surface area contributed by atoms with Gasteiger partial charge < -0.3 is 15.4 Å². The molecule has 2 N–H and O–H groups in total. The van der Waals surface area contributed by atoms with Crippen molar-refractivity contribution in [3.8, 4) is 5.75 Å². The Balaban J connectivity index is 1.36. The number of benzene rings is 2. The minimum absolute atomic E-state index is 0.698. The van der Waals surface area contributed by atoms with Gasteiger partial charge in [0.25, 0.3) is 0 Å². The van der Waals surface area contributed by atoms with Crippen molar-refractivity contribution < 1.29 is 4.74 Å². The summed E-state index contributed by atoms with van der Waals surface area (Å²) in [4.78, 5) is 6.93. The fourth-order valence-corrected chi connectivity index (χ4v) is 3.69. The lowest BCUT2D eigenvalue weighted by atomic mass is 9.96. The van der Waals surface area contributed by atoms with Crippen LogP contribution in [0, 0.1) is 12.8 Å². The van der Waals surface area contributed by atoms with E-state index in [1.165, 1.54) is 29.5 Å². The van der Waals surface area contributed by atoms with Crippen LogP contribution < -0.4 is 15.4 Å². The smallest absolute Gasteiger partial charge is 0.191 e. The number of rotatable bonds is 7. The van der Waals surface area contributed by atoms with E-state index >= 15 is 0 Å². The summed E-state index contributed by atoms with van der Waals surface area (Å²) in [5.41, 5.74) is 3.95. The minimum Gasteiger partial charge on any atom is -0.497 e. The Labute approximate surface area is 175 Å². The first kappa shape index (κ1) is 21.2. The Hall–Kier alpha value is -2.53. The number of hydrogen-bond acceptors (Lipinski definition) is 3. The molecule has 0 amide bonds. The Morgan fingerprint density at radius 1 is 1.00 bits per heavy atom. The average molecular weight is 395 g/mol. The molecule has 2 aromatic carbocycles. The van der Waals surface area contributed by atoms with Crippen LogP contribution in [0.25, 0.3) is 0 Å². The molecule has 0 aliphatic carbocycles. The van der Waals surface area contributed by atoms with Crippen LogP contribution in [0.3, 0.4) is 0 Å². The zero-order valence-electron chi connectivity index (χ0n) is 17.9. The third-order valence-electron chi connectivity index (χ3n) is 5.63. The fourth-order valence-electron chi connectivity index (χ4n) is 3.69. The van der Waals surface area contributed by atoms with E-state index in [4.69, 9.17) is 4.74 Å². The molecule has 1 aliphatic rings. The summed E-state index contributed by atoms with van der Waals surface area (Å²) in [5.74, 6) is 2.44. The molecule has 0 saturated carbocycles. The Bertz CT molecular complexity index is 762. The van der Waals surface area contributed by atoms with E-state index in [1.54, 1.807) is 7.11 Å². The summed E-state index contributed by atoms with van der Waals surface area (Å²) in [7, 11) is 3.51. The molecule has 3 rings (SSSR count). The van der Waals surface area contributed by atoms with Crippen molar-refractivity contribution in [3.63, 3.8) is 0 Å². The first-order valence-corrected chi connectivity index (χ1v) is 10.5. The molecule has 0 radical (unpaired) electrons. The molecule has 5 nitrogen and oxygen atoms in total. The summed E-state index contributed by atoms with van der Waals surface area (Å²) in [5, 5.41) is 6.89. The topological polar surface area (TPSA) is 48.9 Å². The maximum atomic E-state index is 5.21. The Morgan fingerprint density at radius 2 is 1.66 bits per heavy atom. The number of nitrogens with one attached hydrogen (secondary N) is 2. The normalized spacial score (nSPS) is 15.9. The number of piperidine rings is 1. The maximum absolute atomic E-state index is 5.21. The second-order valence-corrected chi connectivity index (χ2v) is 7.86. The molecular formula is C24H34N4O. The molecular weight excluding hydrogens is 360 g/mol. The lowest BCUT2D eigenvalue weighted by Gasteiger charge is -2.32. The number of hydrogen-bond donors (Lipinski definition) is 2. The van der Waals surface area contributed by atoms with Gasteiger partial charge in [-0.2, -0.15) is 0 Å². The maximum Gasteiger partial charge on any atom is 0.191 e. The summed E-state index contributed by atoms with van der Waals surface area (Å²) < 4.78 is 5.21. The molecule has 29 heavy (non-hydrogen) atoms. The Morgan fingerprint density at radius 3 is 2.28 bits per heavy atom. The number of aryl methyl sites for hydroxylation is 1. The first-order chi connectivity index (χ1) is 14.2. The van der Waals surface area contributed by atoms with Gasteiger partial charge in [0, 0.05) is 26.7 Å². The number of guanidine groups is 1. The van der Waals surface area contributed by atoms with E-state index < -0.39 is 0 Å². The van der Waals surface area contributed by atoms with Gasteiger partial charge in [0.05, 0.1) is 7.11 Å². The highest BCUT2D eigenvalue weighted by molar-refractivity contribution is 5.79. The van der Waals surface area contributed by atoms with Crippen molar-refractivity contribution in [1.29, 1.82) is 0 Å². The van der Waals surface area contributed by atoms with Gasteiger partial charge in [0.15, 0.2) is 5.96 Å². The largest absolute Gasteiger partial charge is 0.497 e.